The molecule has 208 valence electrons. The maximum absolute atomic E-state index is 12.6. The van der Waals surface area contributed by atoms with Gasteiger partial charge < -0.3 is 14.8 Å². The summed E-state index contributed by atoms with van der Waals surface area (Å²) in [4.78, 5) is 51.1. The number of ether oxygens (including phenoxy) is 2. The van der Waals surface area contributed by atoms with Crippen LogP contribution < -0.4 is 15.5 Å². The number of hydrogen-bond acceptors (Lipinski definition) is 8. The second kappa shape index (κ2) is 13.1. The Balaban J connectivity index is 1.39. The fourth-order valence-corrected chi connectivity index (χ4v) is 5.99. The van der Waals surface area contributed by atoms with E-state index >= 15 is 0 Å². The maximum atomic E-state index is 12.6. The molecular formula is C28H25Cl2N3O6S. The number of carbonyl (C=O) groups excluding carboxylic acids is 4. The van der Waals surface area contributed by atoms with Crippen molar-refractivity contribution in [2.75, 3.05) is 11.9 Å². The Labute approximate surface area is 244 Å². The van der Waals surface area contributed by atoms with Gasteiger partial charge in [0.2, 0.25) is 0 Å². The summed E-state index contributed by atoms with van der Waals surface area (Å²) in [5, 5.41) is 7.19. The summed E-state index contributed by atoms with van der Waals surface area (Å²) < 4.78 is 10.6. The third-order valence-electron chi connectivity index (χ3n) is 6.02. The van der Waals surface area contributed by atoms with Crippen molar-refractivity contribution in [3.63, 3.8) is 0 Å². The molecule has 2 aromatic carbocycles. The van der Waals surface area contributed by atoms with Crippen molar-refractivity contribution in [2.45, 2.75) is 33.1 Å². The first-order valence-electron chi connectivity index (χ1n) is 12.4. The number of fused-ring (bicyclic) bond motifs is 1. The van der Waals surface area contributed by atoms with E-state index in [1.165, 1.54) is 41.8 Å². The Bertz CT molecular complexity index is 1500. The maximum Gasteiger partial charge on any atom is 0.345 e. The molecule has 1 aromatic heterocycles. The van der Waals surface area contributed by atoms with Crippen LogP contribution in [0.5, 0.6) is 5.75 Å². The van der Waals surface area contributed by atoms with E-state index in [9.17, 15) is 19.2 Å². The van der Waals surface area contributed by atoms with Crippen LogP contribution in [-0.4, -0.2) is 36.6 Å². The van der Waals surface area contributed by atoms with E-state index in [0.717, 1.165) is 23.3 Å². The van der Waals surface area contributed by atoms with Crippen LogP contribution in [0.25, 0.3) is 0 Å². The number of esters is 2. The van der Waals surface area contributed by atoms with Crippen LogP contribution in [0.2, 0.25) is 10.0 Å². The number of carbonyl (C=O) groups is 4. The molecular weight excluding hydrogens is 577 g/mol. The number of thiophene rings is 1. The van der Waals surface area contributed by atoms with E-state index in [-0.39, 0.29) is 27.9 Å². The lowest BCUT2D eigenvalue weighted by Crippen LogP contribution is -2.32. The molecule has 0 fully saturated rings. The number of halogens is 2. The van der Waals surface area contributed by atoms with Crippen LogP contribution in [-0.2, 0) is 27.2 Å². The molecule has 0 unspecified atom stereocenters. The minimum Gasteiger partial charge on any atom is -0.462 e. The van der Waals surface area contributed by atoms with Gasteiger partial charge in [-0.15, -0.1) is 11.3 Å². The summed E-state index contributed by atoms with van der Waals surface area (Å²) in [7, 11) is 0. The average molecular weight is 602 g/mol. The van der Waals surface area contributed by atoms with Crippen molar-refractivity contribution in [3.05, 3.63) is 79.6 Å². The summed E-state index contributed by atoms with van der Waals surface area (Å²) in [6.07, 6.45) is 3.70. The number of rotatable bonds is 7. The highest BCUT2D eigenvalue weighted by Crippen LogP contribution is 2.40. The van der Waals surface area contributed by atoms with Crippen LogP contribution >= 0.6 is 34.5 Å². The number of nitrogens with one attached hydrogen (secondary N) is 2. The molecule has 1 heterocycles. The highest BCUT2D eigenvalue weighted by Gasteiger charge is 2.30. The second-order valence-electron chi connectivity index (χ2n) is 9.02. The van der Waals surface area contributed by atoms with E-state index in [4.69, 9.17) is 32.7 Å². The number of hydrogen-bond donors (Lipinski definition) is 2. The summed E-state index contributed by atoms with van der Waals surface area (Å²) in [6.45, 7) is 4.03. The average Bonchev–Trinajstić information content (AvgIpc) is 3.25. The second-order valence-corrected chi connectivity index (χ2v) is 11.0. The molecule has 4 rings (SSSR count). The quantitative estimate of drug-likeness (QED) is 0.118. The minimum absolute atomic E-state index is 0.149. The molecule has 2 N–H and O–H groups in total. The minimum atomic E-state index is -1.02. The van der Waals surface area contributed by atoms with Gasteiger partial charge in [-0.3, -0.25) is 9.59 Å². The largest absolute Gasteiger partial charge is 0.462 e. The van der Waals surface area contributed by atoms with Crippen molar-refractivity contribution in [1.29, 1.82) is 0 Å². The fourth-order valence-electron chi connectivity index (χ4n) is 4.11. The van der Waals surface area contributed by atoms with Gasteiger partial charge in [0, 0.05) is 9.90 Å². The Morgan fingerprint density at radius 2 is 1.90 bits per heavy atom. The Morgan fingerprint density at radius 1 is 1.10 bits per heavy atom. The molecule has 1 atom stereocenters. The van der Waals surface area contributed by atoms with E-state index in [0.29, 0.717) is 28.5 Å². The molecule has 12 heteroatoms. The summed E-state index contributed by atoms with van der Waals surface area (Å²) >= 11 is 13.2. The molecule has 40 heavy (non-hydrogen) atoms. The number of benzene rings is 2. The van der Waals surface area contributed by atoms with Crippen LogP contribution in [0.3, 0.4) is 0 Å². The van der Waals surface area contributed by atoms with Crippen LogP contribution in [0.1, 0.15) is 57.0 Å². The van der Waals surface area contributed by atoms with Crippen molar-refractivity contribution in [2.24, 2.45) is 11.0 Å². The van der Waals surface area contributed by atoms with Gasteiger partial charge >= 0.3 is 23.8 Å². The molecule has 0 spiro atoms. The van der Waals surface area contributed by atoms with Gasteiger partial charge in [-0.25, -0.2) is 15.0 Å². The lowest BCUT2D eigenvalue weighted by atomic mass is 9.88. The molecule has 0 aliphatic heterocycles. The molecule has 1 aliphatic rings. The van der Waals surface area contributed by atoms with Gasteiger partial charge in [0.1, 0.15) is 10.8 Å². The smallest absolute Gasteiger partial charge is 0.345 e. The fraction of sp³-hybridized carbons (Fsp3) is 0.250. The predicted octanol–water partition coefficient (Wildman–Crippen LogP) is 5.66. The highest BCUT2D eigenvalue weighted by atomic mass is 35.5. The molecule has 0 bridgehead atoms. The van der Waals surface area contributed by atoms with Gasteiger partial charge in [-0.1, -0.05) is 42.3 Å². The first-order valence-corrected chi connectivity index (χ1v) is 14.0. The van der Waals surface area contributed by atoms with Crippen LogP contribution in [0, 0.1) is 5.92 Å². The first kappa shape index (κ1) is 29.3. The zero-order valence-corrected chi connectivity index (χ0v) is 23.9. The zero-order valence-electron chi connectivity index (χ0n) is 21.6. The van der Waals surface area contributed by atoms with Gasteiger partial charge in [-0.2, -0.15) is 5.10 Å². The third-order valence-corrected chi connectivity index (χ3v) is 7.74. The van der Waals surface area contributed by atoms with E-state index in [1.807, 2.05) is 0 Å². The van der Waals surface area contributed by atoms with Gasteiger partial charge in [-0.05, 0) is 73.6 Å². The number of nitrogens with zero attached hydrogens (tertiary/aromatic N) is 1. The van der Waals surface area contributed by atoms with Gasteiger partial charge in [0.15, 0.2) is 0 Å². The lowest BCUT2D eigenvalue weighted by Gasteiger charge is -2.18. The topological polar surface area (TPSA) is 123 Å². The molecule has 0 saturated heterocycles. The summed E-state index contributed by atoms with van der Waals surface area (Å²) in [5.41, 5.74) is 3.97. The van der Waals surface area contributed by atoms with Crippen LogP contribution in [0.4, 0.5) is 5.00 Å². The third kappa shape index (κ3) is 7.07. The van der Waals surface area contributed by atoms with Crippen molar-refractivity contribution < 1.29 is 28.7 Å². The summed E-state index contributed by atoms with van der Waals surface area (Å²) in [5.74, 6) is -2.52. The lowest BCUT2D eigenvalue weighted by molar-refractivity contribution is -0.136. The predicted molar refractivity (Wildman–Crippen MR) is 154 cm³/mol. The normalized spacial score (nSPS) is 14.3. The monoisotopic (exact) mass is 601 g/mol. The van der Waals surface area contributed by atoms with Crippen molar-refractivity contribution >= 4 is 69.5 Å². The molecule has 9 nitrogen and oxygen atoms in total. The van der Waals surface area contributed by atoms with Crippen molar-refractivity contribution in [1.82, 2.24) is 5.43 Å². The first-order chi connectivity index (χ1) is 19.2. The Kier molecular flexibility index (Phi) is 9.57. The number of anilines is 1. The van der Waals surface area contributed by atoms with Gasteiger partial charge in [0.05, 0.1) is 29.0 Å². The molecule has 3 aromatic rings. The number of hydrazone groups is 1. The SMILES string of the molecule is CCOC(=O)c1c(NC(=O)C(=O)N/N=C\c2cccc(OC(=O)c3ccc(Cl)cc3Cl)c2)sc2c1CC[C@H](C)C2. The number of amides is 2. The molecule has 1 aliphatic carbocycles. The van der Waals surface area contributed by atoms with E-state index in [2.05, 4.69) is 22.8 Å². The Hall–Kier alpha value is -3.73. The molecule has 0 saturated carbocycles. The standard InChI is InChI=1S/C28H25Cl2N3O6S/c1-3-38-28(37)23-20-9-7-15(2)11-22(20)40-26(23)32-24(34)25(35)33-31-14-16-5-4-6-18(12-16)39-27(36)19-10-8-17(29)13-21(19)30/h4-6,8,10,12-15H,3,7,9,11H2,1-2H3,(H,32,34)(H,33,35)/b31-14-/t15-/m0/s1. The van der Waals surface area contributed by atoms with E-state index < -0.39 is 23.8 Å². The Morgan fingerprint density at radius 3 is 2.65 bits per heavy atom. The summed E-state index contributed by atoms with van der Waals surface area (Å²) in [6, 6.07) is 10.8. The zero-order chi connectivity index (χ0) is 28.8. The highest BCUT2D eigenvalue weighted by molar-refractivity contribution is 7.17. The van der Waals surface area contributed by atoms with Gasteiger partial charge in [0.25, 0.3) is 0 Å². The van der Waals surface area contributed by atoms with Crippen molar-refractivity contribution in [3.8, 4) is 5.75 Å². The van der Waals surface area contributed by atoms with Crippen LogP contribution in [0.15, 0.2) is 47.6 Å². The van der Waals surface area contributed by atoms with E-state index in [1.54, 1.807) is 25.1 Å². The molecule has 2 amide bonds. The molecule has 0 radical (unpaired) electrons.